The summed E-state index contributed by atoms with van der Waals surface area (Å²) in [5, 5.41) is 0. The van der Waals surface area contributed by atoms with Crippen LogP contribution in [0.15, 0.2) is 4.42 Å². The van der Waals surface area contributed by atoms with Crippen molar-refractivity contribution in [2.75, 3.05) is 6.61 Å². The Bertz CT molecular complexity index is 361. The molecule has 0 N–H and O–H groups in total. The summed E-state index contributed by atoms with van der Waals surface area (Å²) in [5.74, 6) is -0.437. The molecule has 0 fully saturated rings. The van der Waals surface area contributed by atoms with Crippen LogP contribution in [0.25, 0.3) is 0 Å². The van der Waals surface area contributed by atoms with E-state index in [1.807, 2.05) is 0 Å². The van der Waals surface area contributed by atoms with Crippen LogP contribution >= 0.6 is 0 Å². The van der Waals surface area contributed by atoms with E-state index in [1.54, 1.807) is 13.8 Å². The van der Waals surface area contributed by atoms with Gasteiger partial charge in [0.1, 0.15) is 12.4 Å². The molecule has 0 aromatic carbocycles. The van der Waals surface area contributed by atoms with Crippen molar-refractivity contribution in [3.8, 4) is 6.08 Å². The van der Waals surface area contributed by atoms with Gasteiger partial charge in [-0.05, 0) is 0 Å². The van der Waals surface area contributed by atoms with Gasteiger partial charge in [0.05, 0.1) is 6.42 Å². The largest absolute Gasteiger partial charge is 0.450 e. The van der Waals surface area contributed by atoms with Gasteiger partial charge in [0.25, 0.3) is 6.43 Å². The van der Waals surface area contributed by atoms with E-state index in [1.165, 1.54) is 0 Å². The minimum atomic E-state index is -4.38. The Morgan fingerprint density at radius 1 is 1.28 bits per heavy atom. The summed E-state index contributed by atoms with van der Waals surface area (Å²) < 4.78 is 70.1. The number of oxazole rings is 1. The molecule has 0 aliphatic carbocycles. The first-order valence-corrected chi connectivity index (χ1v) is 5.19. The molecule has 18 heavy (non-hydrogen) atoms. The third-order valence-corrected chi connectivity index (χ3v) is 2.00. The van der Waals surface area contributed by atoms with Crippen molar-refractivity contribution < 1.29 is 31.1 Å². The molecular formula is C10H12F5NO2. The maximum absolute atomic E-state index is 12.6. The van der Waals surface area contributed by atoms with Crippen LogP contribution in [0.5, 0.6) is 6.08 Å². The molecule has 3 nitrogen and oxygen atoms in total. The number of halogens is 5. The van der Waals surface area contributed by atoms with Crippen LogP contribution in [-0.4, -0.2) is 17.8 Å². The first-order chi connectivity index (χ1) is 8.20. The van der Waals surface area contributed by atoms with Crippen LogP contribution in [0, 0.1) is 0 Å². The second kappa shape index (κ2) is 5.53. The number of aromatic nitrogens is 1. The smallest absolute Gasteiger partial charge is 0.394 e. The Morgan fingerprint density at radius 2 is 1.89 bits per heavy atom. The molecule has 0 saturated carbocycles. The lowest BCUT2D eigenvalue weighted by atomic mass is 10.1. The molecular weight excluding hydrogens is 261 g/mol. The van der Waals surface area contributed by atoms with E-state index in [0.717, 1.165) is 0 Å². The van der Waals surface area contributed by atoms with E-state index in [0.29, 0.717) is 0 Å². The van der Waals surface area contributed by atoms with Crippen molar-refractivity contribution in [3.63, 3.8) is 0 Å². The summed E-state index contributed by atoms with van der Waals surface area (Å²) in [7, 11) is 0. The normalized spacial score (nSPS) is 12.5. The van der Waals surface area contributed by atoms with Crippen LogP contribution in [0.2, 0.25) is 0 Å². The van der Waals surface area contributed by atoms with Crippen LogP contribution in [-0.2, 0) is 0 Å². The van der Waals surface area contributed by atoms with E-state index >= 15 is 0 Å². The molecule has 0 saturated heterocycles. The fraction of sp³-hybridized carbons (Fsp3) is 0.700. The van der Waals surface area contributed by atoms with Crippen LogP contribution in [0.1, 0.15) is 44.1 Å². The third kappa shape index (κ3) is 4.15. The van der Waals surface area contributed by atoms with Gasteiger partial charge in [0, 0.05) is 5.92 Å². The van der Waals surface area contributed by atoms with Crippen molar-refractivity contribution in [3.05, 3.63) is 11.5 Å². The number of ether oxygens (including phenoxy) is 1. The predicted molar refractivity (Wildman–Crippen MR) is 51.7 cm³/mol. The van der Waals surface area contributed by atoms with Gasteiger partial charge in [-0.15, -0.1) is 0 Å². The minimum absolute atomic E-state index is 0.0768. The lowest BCUT2D eigenvalue weighted by Gasteiger charge is -2.05. The number of hydrogen-bond acceptors (Lipinski definition) is 3. The predicted octanol–water partition coefficient (Wildman–Crippen LogP) is 4.07. The third-order valence-electron chi connectivity index (χ3n) is 2.00. The highest BCUT2D eigenvalue weighted by atomic mass is 19.4. The second-order valence-corrected chi connectivity index (χ2v) is 3.90. The topological polar surface area (TPSA) is 35.3 Å². The fourth-order valence-electron chi connectivity index (χ4n) is 1.21. The molecule has 0 amide bonds. The zero-order valence-corrected chi connectivity index (χ0v) is 9.72. The van der Waals surface area contributed by atoms with Crippen molar-refractivity contribution in [1.82, 2.24) is 4.98 Å². The van der Waals surface area contributed by atoms with Gasteiger partial charge in [-0.3, -0.25) is 0 Å². The zero-order chi connectivity index (χ0) is 13.9. The van der Waals surface area contributed by atoms with Crippen molar-refractivity contribution in [2.45, 2.75) is 38.8 Å². The van der Waals surface area contributed by atoms with Gasteiger partial charge in [-0.1, -0.05) is 13.8 Å². The van der Waals surface area contributed by atoms with Gasteiger partial charge >= 0.3 is 12.3 Å². The highest BCUT2D eigenvalue weighted by molar-refractivity contribution is 5.16. The summed E-state index contributed by atoms with van der Waals surface area (Å²) in [5.41, 5.74) is -0.591. The molecule has 1 heterocycles. The molecule has 0 radical (unpaired) electrons. The number of rotatable bonds is 5. The quantitative estimate of drug-likeness (QED) is 0.759. The molecule has 8 heteroatoms. The van der Waals surface area contributed by atoms with Crippen molar-refractivity contribution in [2.24, 2.45) is 0 Å². The maximum atomic E-state index is 12.6. The van der Waals surface area contributed by atoms with E-state index in [9.17, 15) is 22.0 Å². The average molecular weight is 273 g/mol. The van der Waals surface area contributed by atoms with Crippen LogP contribution < -0.4 is 4.74 Å². The zero-order valence-electron chi connectivity index (χ0n) is 9.72. The molecule has 0 aliphatic heterocycles. The minimum Gasteiger partial charge on any atom is -0.450 e. The van der Waals surface area contributed by atoms with Crippen molar-refractivity contribution in [1.29, 1.82) is 0 Å². The lowest BCUT2D eigenvalue weighted by Crippen LogP contribution is -2.13. The maximum Gasteiger partial charge on any atom is 0.394 e. The first kappa shape index (κ1) is 14.7. The summed E-state index contributed by atoms with van der Waals surface area (Å²) in [4.78, 5) is 3.34. The highest BCUT2D eigenvalue weighted by Gasteiger charge is 2.28. The molecule has 0 bridgehead atoms. The molecule has 0 spiro atoms. The van der Waals surface area contributed by atoms with E-state index in [2.05, 4.69) is 9.72 Å². The van der Waals surface area contributed by atoms with Gasteiger partial charge < -0.3 is 9.15 Å². The molecule has 1 aromatic heterocycles. The molecule has 0 aliphatic rings. The monoisotopic (exact) mass is 273 g/mol. The summed E-state index contributed by atoms with van der Waals surface area (Å²) in [6, 6.07) is 0. The standard InChI is InChI=1S/C10H12F5NO2/c1-5(2)7-6(8(11)12)16-9(18-7)17-4-3-10(13,14)15/h5,8H,3-4H2,1-2H3. The van der Waals surface area contributed by atoms with E-state index < -0.39 is 37.4 Å². The Labute approximate surface area is 99.9 Å². The Morgan fingerprint density at radius 3 is 2.28 bits per heavy atom. The number of nitrogens with zero attached hydrogens (tertiary/aromatic N) is 1. The van der Waals surface area contributed by atoms with Gasteiger partial charge in [-0.2, -0.15) is 18.2 Å². The molecule has 0 unspecified atom stereocenters. The summed E-state index contributed by atoms with van der Waals surface area (Å²) in [6.45, 7) is 2.49. The SMILES string of the molecule is CC(C)c1oc(OCCC(F)(F)F)nc1C(F)F. The Hall–Kier alpha value is -1.34. The summed E-state index contributed by atoms with van der Waals surface area (Å²) in [6.07, 6.45) is -8.99. The highest BCUT2D eigenvalue weighted by Crippen LogP contribution is 2.31. The molecule has 1 rings (SSSR count). The van der Waals surface area contributed by atoms with Crippen molar-refractivity contribution >= 4 is 0 Å². The van der Waals surface area contributed by atoms with E-state index in [-0.39, 0.29) is 11.7 Å². The number of alkyl halides is 5. The number of hydrogen-bond donors (Lipinski definition) is 0. The van der Waals surface area contributed by atoms with Gasteiger partial charge in [0.2, 0.25) is 0 Å². The fourth-order valence-corrected chi connectivity index (χ4v) is 1.21. The van der Waals surface area contributed by atoms with Crippen LogP contribution in [0.3, 0.4) is 0 Å². The molecule has 104 valence electrons. The van der Waals surface area contributed by atoms with Gasteiger partial charge in [-0.25, -0.2) is 8.78 Å². The summed E-state index contributed by atoms with van der Waals surface area (Å²) >= 11 is 0. The lowest BCUT2D eigenvalue weighted by molar-refractivity contribution is -0.140. The molecule has 1 aromatic rings. The van der Waals surface area contributed by atoms with E-state index in [4.69, 9.17) is 4.42 Å². The molecule has 0 atom stereocenters. The first-order valence-electron chi connectivity index (χ1n) is 5.19. The Balaban J connectivity index is 2.70. The van der Waals surface area contributed by atoms with Crippen LogP contribution in [0.4, 0.5) is 22.0 Å². The van der Waals surface area contributed by atoms with Gasteiger partial charge in [0.15, 0.2) is 5.69 Å². The second-order valence-electron chi connectivity index (χ2n) is 3.90. The average Bonchev–Trinajstić information content (AvgIpc) is 2.60. The Kier molecular flexibility index (Phi) is 4.53.